The van der Waals surface area contributed by atoms with Crippen molar-refractivity contribution in [1.82, 2.24) is 0 Å². The number of rotatable bonds is 7. The Hall–Kier alpha value is -9.56. The highest BCUT2D eigenvalue weighted by atomic mass is 15.1. The van der Waals surface area contributed by atoms with E-state index in [0.717, 1.165) is 17.1 Å². The van der Waals surface area contributed by atoms with Crippen LogP contribution in [0.3, 0.4) is 0 Å². The van der Waals surface area contributed by atoms with E-state index in [2.05, 4.69) is 290 Å². The minimum Gasteiger partial charge on any atom is -0.310 e. The average Bonchev–Trinajstić information content (AvgIpc) is 3.99. The minimum absolute atomic E-state index is 0.660. The molecule has 0 saturated heterocycles. The second kappa shape index (κ2) is 16.8. The Kier molecular flexibility index (Phi) is 9.55. The van der Waals surface area contributed by atoms with E-state index in [1.807, 2.05) is 0 Å². The number of benzene rings is 13. The van der Waals surface area contributed by atoms with Crippen molar-refractivity contribution in [2.24, 2.45) is 0 Å². The van der Waals surface area contributed by atoms with Crippen molar-refractivity contribution in [2.75, 3.05) is 4.90 Å². The van der Waals surface area contributed by atoms with Crippen molar-refractivity contribution in [3.63, 3.8) is 0 Å². The molecule has 0 amide bonds. The molecule has 0 saturated carbocycles. The highest BCUT2D eigenvalue weighted by Gasteiger charge is 2.53. The largest absolute Gasteiger partial charge is 0.310 e. The molecule has 2 aliphatic rings. The van der Waals surface area contributed by atoms with Crippen molar-refractivity contribution in [3.05, 3.63) is 307 Å². The highest BCUT2D eigenvalue weighted by molar-refractivity contribution is 6.26. The lowest BCUT2D eigenvalue weighted by Gasteiger charge is -2.32. The van der Waals surface area contributed by atoms with Gasteiger partial charge in [-0.1, -0.05) is 237 Å². The molecule has 344 valence electrons. The van der Waals surface area contributed by atoms with Crippen LogP contribution >= 0.6 is 0 Å². The molecule has 0 aromatic heterocycles. The Labute approximate surface area is 431 Å². The second-order valence-corrected chi connectivity index (χ2v) is 19.9. The van der Waals surface area contributed by atoms with Crippen molar-refractivity contribution in [1.29, 1.82) is 0 Å². The van der Waals surface area contributed by atoms with Crippen LogP contribution in [0.5, 0.6) is 0 Å². The molecule has 0 N–H and O–H groups in total. The molecule has 74 heavy (non-hydrogen) atoms. The Morgan fingerprint density at radius 1 is 0.216 bits per heavy atom. The fourth-order valence-corrected chi connectivity index (χ4v) is 12.8. The van der Waals surface area contributed by atoms with Crippen LogP contribution in [0, 0.1) is 0 Å². The van der Waals surface area contributed by atoms with Gasteiger partial charge in [-0.25, -0.2) is 0 Å². The molecular weight excluding hydrogens is 891 g/mol. The molecule has 2 aliphatic carbocycles. The molecule has 0 unspecified atom stereocenters. The molecule has 1 nitrogen and oxygen atoms in total. The van der Waals surface area contributed by atoms with Crippen molar-refractivity contribution in [3.8, 4) is 66.8 Å². The minimum atomic E-state index is -0.660. The topological polar surface area (TPSA) is 3.24 Å². The lowest BCUT2D eigenvalue weighted by Crippen LogP contribution is -2.26. The molecule has 1 spiro atoms. The Morgan fingerprint density at radius 3 is 1.07 bits per heavy atom. The van der Waals surface area contributed by atoms with E-state index >= 15 is 0 Å². The zero-order chi connectivity index (χ0) is 48.7. The van der Waals surface area contributed by atoms with Crippen molar-refractivity contribution < 1.29 is 0 Å². The monoisotopic (exact) mass is 937 g/mol. The summed E-state index contributed by atoms with van der Waals surface area (Å²) in [6.07, 6.45) is 0. The number of hydrogen-bond donors (Lipinski definition) is 0. The first-order valence-corrected chi connectivity index (χ1v) is 25.7. The fraction of sp³-hybridized carbons (Fsp3) is 0.0137. The van der Waals surface area contributed by atoms with E-state index < -0.39 is 5.41 Å². The summed E-state index contributed by atoms with van der Waals surface area (Å²) in [6.45, 7) is 0. The maximum atomic E-state index is 2.53. The Balaban J connectivity index is 1.05. The van der Waals surface area contributed by atoms with Crippen LogP contribution in [-0.4, -0.2) is 0 Å². The maximum absolute atomic E-state index is 2.53. The van der Waals surface area contributed by atoms with E-state index in [0.29, 0.717) is 0 Å². The third kappa shape index (κ3) is 6.36. The molecular formula is C73H47N. The number of nitrogens with zero attached hydrogens (tertiary/aromatic N) is 1. The van der Waals surface area contributed by atoms with Gasteiger partial charge < -0.3 is 4.90 Å². The lowest BCUT2D eigenvalue weighted by atomic mass is 9.69. The van der Waals surface area contributed by atoms with E-state index in [1.54, 1.807) is 0 Å². The van der Waals surface area contributed by atoms with Gasteiger partial charge >= 0.3 is 0 Å². The van der Waals surface area contributed by atoms with E-state index in [4.69, 9.17) is 0 Å². The molecule has 1 heteroatoms. The van der Waals surface area contributed by atoms with Gasteiger partial charge in [-0.3, -0.25) is 0 Å². The predicted octanol–water partition coefficient (Wildman–Crippen LogP) is 19.6. The van der Waals surface area contributed by atoms with E-state index in [1.165, 1.54) is 121 Å². The van der Waals surface area contributed by atoms with Crippen LogP contribution in [0.25, 0.3) is 99.1 Å². The van der Waals surface area contributed by atoms with Gasteiger partial charge in [0.15, 0.2) is 0 Å². The van der Waals surface area contributed by atoms with Gasteiger partial charge in [0.1, 0.15) is 0 Å². The summed E-state index contributed by atoms with van der Waals surface area (Å²) in [6, 6.07) is 106. The number of anilines is 3. The quantitative estimate of drug-likeness (QED) is 0.144. The zero-order valence-corrected chi connectivity index (χ0v) is 40.6. The summed E-state index contributed by atoms with van der Waals surface area (Å²) in [5.74, 6) is 0. The van der Waals surface area contributed by atoms with Crippen LogP contribution in [0.15, 0.2) is 285 Å². The molecule has 0 bridgehead atoms. The highest BCUT2D eigenvalue weighted by Crippen LogP contribution is 2.66. The standard InChI is InChI=1S/C73H47N/c1-5-18-48(19-6-1)52-32-37-56(38-33-52)74(57-39-43-62-60-28-14-13-26-58(60)59-27-15-16-29-61(59)66(62)47-57)71-31-17-30-67-72(71)65-42-36-55(51-24-11-4-12-25-51)46-70(65)73(67)68-44-53(49-20-7-2-8-21-49)34-40-63(68)64-41-35-54(45-69(64)73)50-22-9-3-10-23-50/h1-47H. The predicted molar refractivity (Wildman–Crippen MR) is 312 cm³/mol. The van der Waals surface area contributed by atoms with Gasteiger partial charge in [-0.2, -0.15) is 0 Å². The first-order chi connectivity index (χ1) is 36.7. The molecule has 0 aliphatic heterocycles. The molecule has 0 radical (unpaired) electrons. The number of hydrogen-bond acceptors (Lipinski definition) is 1. The van der Waals surface area contributed by atoms with Gasteiger partial charge in [0.2, 0.25) is 0 Å². The first kappa shape index (κ1) is 42.2. The van der Waals surface area contributed by atoms with Crippen LogP contribution in [0.4, 0.5) is 17.1 Å². The average molecular weight is 938 g/mol. The Morgan fingerprint density at radius 2 is 0.581 bits per heavy atom. The molecule has 0 atom stereocenters. The maximum Gasteiger partial charge on any atom is 0.0726 e. The van der Waals surface area contributed by atoms with Crippen molar-refractivity contribution >= 4 is 49.4 Å². The number of fused-ring (bicyclic) bond motifs is 16. The molecule has 0 heterocycles. The van der Waals surface area contributed by atoms with Crippen LogP contribution in [0.1, 0.15) is 22.3 Å². The summed E-state index contributed by atoms with van der Waals surface area (Å²) < 4.78 is 0. The molecule has 15 rings (SSSR count). The van der Waals surface area contributed by atoms with Gasteiger partial charge in [-0.15, -0.1) is 0 Å². The molecule has 13 aromatic rings. The smallest absolute Gasteiger partial charge is 0.0726 e. The first-order valence-electron chi connectivity index (χ1n) is 25.7. The van der Waals surface area contributed by atoms with E-state index in [-0.39, 0.29) is 0 Å². The van der Waals surface area contributed by atoms with Gasteiger partial charge in [0, 0.05) is 16.9 Å². The van der Waals surface area contributed by atoms with Gasteiger partial charge in [0.25, 0.3) is 0 Å². The summed E-state index contributed by atoms with van der Waals surface area (Å²) in [4.78, 5) is 2.53. The van der Waals surface area contributed by atoms with Crippen LogP contribution < -0.4 is 4.90 Å². The van der Waals surface area contributed by atoms with Crippen LogP contribution in [-0.2, 0) is 5.41 Å². The third-order valence-electron chi connectivity index (χ3n) is 16.1. The summed E-state index contributed by atoms with van der Waals surface area (Å²) in [5.41, 5.74) is 22.5. The summed E-state index contributed by atoms with van der Waals surface area (Å²) >= 11 is 0. The molecule has 0 fully saturated rings. The second-order valence-electron chi connectivity index (χ2n) is 19.9. The zero-order valence-electron chi connectivity index (χ0n) is 40.6. The van der Waals surface area contributed by atoms with Crippen LogP contribution in [0.2, 0.25) is 0 Å². The fourth-order valence-electron chi connectivity index (χ4n) is 12.8. The summed E-state index contributed by atoms with van der Waals surface area (Å²) in [5, 5.41) is 7.54. The third-order valence-corrected chi connectivity index (χ3v) is 16.1. The van der Waals surface area contributed by atoms with Gasteiger partial charge in [-0.05, 0) is 164 Å². The SMILES string of the molecule is c1ccc(-c2ccc(N(c3ccc4c5ccccc5c5ccccc5c4c3)c3cccc4c3-c3ccc(-c5ccccc5)cc3C43c4cc(-c5ccccc5)ccc4-c4ccc(-c5ccccc5)cc43)cc2)cc1. The molecule has 13 aromatic carbocycles. The van der Waals surface area contributed by atoms with Crippen molar-refractivity contribution in [2.45, 2.75) is 5.41 Å². The van der Waals surface area contributed by atoms with Gasteiger partial charge in [0.05, 0.1) is 11.1 Å². The van der Waals surface area contributed by atoms with E-state index in [9.17, 15) is 0 Å². The Bertz CT molecular complexity index is 4200. The normalized spacial score (nSPS) is 12.7. The lowest BCUT2D eigenvalue weighted by molar-refractivity contribution is 0.794. The summed E-state index contributed by atoms with van der Waals surface area (Å²) in [7, 11) is 0.